The average Bonchev–Trinajstić information content (AvgIpc) is 3.38. The Kier molecular flexibility index (Phi) is 6.19. The highest BCUT2D eigenvalue weighted by Crippen LogP contribution is 2.37. The standard InChI is InChI=1S/C26H24N4O4S/c27-24(33)23-19-11-12-29(14-16-5-2-1-3-6-16)15-20(19)35-26(23)28-25(34)17-7-4-8-18(13-17)30-21(31)9-10-22(30)32/h1-8,13H,9-12,14-15H2,(H2,27,33)(H,28,34). The first-order chi connectivity index (χ1) is 16.9. The van der Waals surface area contributed by atoms with E-state index < -0.39 is 11.8 Å². The lowest BCUT2D eigenvalue weighted by atomic mass is 10.0. The van der Waals surface area contributed by atoms with Crippen LogP contribution in [0.25, 0.3) is 0 Å². The highest BCUT2D eigenvalue weighted by atomic mass is 32.1. The Bertz CT molecular complexity index is 1320. The molecule has 2 aliphatic heterocycles. The van der Waals surface area contributed by atoms with Gasteiger partial charge in [-0.3, -0.25) is 29.0 Å². The van der Waals surface area contributed by atoms with Crippen LogP contribution < -0.4 is 16.0 Å². The van der Waals surface area contributed by atoms with Crippen molar-refractivity contribution in [1.82, 2.24) is 4.90 Å². The summed E-state index contributed by atoms with van der Waals surface area (Å²) in [6.45, 7) is 2.25. The van der Waals surface area contributed by atoms with E-state index >= 15 is 0 Å². The van der Waals surface area contributed by atoms with Gasteiger partial charge in [0.05, 0.1) is 11.3 Å². The van der Waals surface area contributed by atoms with Crippen molar-refractivity contribution >= 4 is 45.7 Å². The Morgan fingerprint density at radius 1 is 0.971 bits per heavy atom. The highest BCUT2D eigenvalue weighted by molar-refractivity contribution is 7.17. The van der Waals surface area contributed by atoms with Gasteiger partial charge in [0.1, 0.15) is 5.00 Å². The Hall–Kier alpha value is -3.82. The van der Waals surface area contributed by atoms with Gasteiger partial charge in [-0.1, -0.05) is 36.4 Å². The van der Waals surface area contributed by atoms with Crippen LogP contribution in [0.2, 0.25) is 0 Å². The van der Waals surface area contributed by atoms with E-state index in [2.05, 4.69) is 22.3 Å². The summed E-state index contributed by atoms with van der Waals surface area (Å²) in [5.74, 6) is -1.58. The van der Waals surface area contributed by atoms with Crippen LogP contribution in [-0.2, 0) is 29.1 Å². The number of nitrogens with one attached hydrogen (secondary N) is 1. The topological polar surface area (TPSA) is 113 Å². The molecule has 0 saturated carbocycles. The minimum atomic E-state index is -0.573. The Morgan fingerprint density at radius 3 is 2.43 bits per heavy atom. The highest BCUT2D eigenvalue weighted by Gasteiger charge is 2.31. The molecule has 0 spiro atoms. The molecule has 0 atom stereocenters. The molecule has 3 aromatic rings. The van der Waals surface area contributed by atoms with Gasteiger partial charge in [0.2, 0.25) is 11.8 Å². The fourth-order valence-electron chi connectivity index (χ4n) is 4.61. The zero-order chi connectivity index (χ0) is 24.5. The van der Waals surface area contributed by atoms with Crippen LogP contribution in [0.15, 0.2) is 54.6 Å². The van der Waals surface area contributed by atoms with Crippen molar-refractivity contribution in [3.63, 3.8) is 0 Å². The predicted octanol–water partition coefficient (Wildman–Crippen LogP) is 3.31. The molecule has 1 saturated heterocycles. The molecule has 0 radical (unpaired) electrons. The Labute approximate surface area is 206 Å². The fourth-order valence-corrected chi connectivity index (χ4v) is 5.90. The van der Waals surface area contributed by atoms with E-state index in [0.29, 0.717) is 29.2 Å². The van der Waals surface area contributed by atoms with Gasteiger partial charge in [0.25, 0.3) is 11.8 Å². The number of nitrogens with two attached hydrogens (primary N) is 1. The average molecular weight is 489 g/mol. The molecule has 1 aromatic heterocycles. The molecule has 5 rings (SSSR count). The number of carbonyl (C=O) groups is 4. The van der Waals surface area contributed by atoms with Crippen molar-refractivity contribution in [3.05, 3.63) is 81.7 Å². The summed E-state index contributed by atoms with van der Waals surface area (Å²) < 4.78 is 0. The maximum atomic E-state index is 13.1. The predicted molar refractivity (Wildman–Crippen MR) is 133 cm³/mol. The van der Waals surface area contributed by atoms with Crippen LogP contribution >= 0.6 is 11.3 Å². The number of nitrogens with zero attached hydrogens (tertiary/aromatic N) is 2. The molecular formula is C26H24N4O4S. The van der Waals surface area contributed by atoms with Crippen LogP contribution in [0.5, 0.6) is 0 Å². The van der Waals surface area contributed by atoms with Gasteiger partial charge in [-0.15, -0.1) is 11.3 Å². The molecule has 35 heavy (non-hydrogen) atoms. The smallest absolute Gasteiger partial charge is 0.256 e. The normalized spacial score (nSPS) is 15.8. The first-order valence-electron chi connectivity index (χ1n) is 11.4. The number of benzene rings is 2. The fraction of sp³-hybridized carbons (Fsp3) is 0.231. The third kappa shape index (κ3) is 4.60. The van der Waals surface area contributed by atoms with Gasteiger partial charge >= 0.3 is 0 Å². The largest absolute Gasteiger partial charge is 0.365 e. The van der Waals surface area contributed by atoms with Gasteiger partial charge in [0, 0.05) is 42.9 Å². The van der Waals surface area contributed by atoms with E-state index in [9.17, 15) is 19.2 Å². The molecular weight excluding hydrogens is 464 g/mol. The van der Waals surface area contributed by atoms with Crippen LogP contribution in [0, 0.1) is 0 Å². The van der Waals surface area contributed by atoms with E-state index in [-0.39, 0.29) is 30.2 Å². The zero-order valence-corrected chi connectivity index (χ0v) is 19.8. The number of fused-ring (bicyclic) bond motifs is 1. The number of rotatable bonds is 6. The summed E-state index contributed by atoms with van der Waals surface area (Å²) >= 11 is 1.36. The number of hydrogen-bond donors (Lipinski definition) is 2. The van der Waals surface area contributed by atoms with Crippen molar-refractivity contribution in [2.45, 2.75) is 32.4 Å². The van der Waals surface area contributed by atoms with Crippen molar-refractivity contribution in [2.75, 3.05) is 16.8 Å². The molecule has 1 fully saturated rings. The summed E-state index contributed by atoms with van der Waals surface area (Å²) in [6.07, 6.45) is 1.00. The van der Waals surface area contributed by atoms with E-state index in [4.69, 9.17) is 5.73 Å². The van der Waals surface area contributed by atoms with Crippen LogP contribution in [0.4, 0.5) is 10.7 Å². The van der Waals surface area contributed by atoms with Crippen molar-refractivity contribution < 1.29 is 19.2 Å². The van der Waals surface area contributed by atoms with Gasteiger partial charge in [-0.25, -0.2) is 0 Å². The number of amides is 4. The van der Waals surface area contributed by atoms with Gasteiger partial charge in [0.15, 0.2) is 0 Å². The molecule has 2 aliphatic rings. The maximum Gasteiger partial charge on any atom is 0.256 e. The minimum Gasteiger partial charge on any atom is -0.365 e. The molecule has 178 valence electrons. The lowest BCUT2D eigenvalue weighted by Crippen LogP contribution is -2.30. The molecule has 3 heterocycles. The molecule has 3 N–H and O–H groups in total. The third-order valence-corrected chi connectivity index (χ3v) is 7.41. The second-order valence-electron chi connectivity index (χ2n) is 8.65. The maximum absolute atomic E-state index is 13.1. The van der Waals surface area contributed by atoms with Gasteiger partial charge < -0.3 is 11.1 Å². The minimum absolute atomic E-state index is 0.166. The van der Waals surface area contributed by atoms with Crippen molar-refractivity contribution in [2.24, 2.45) is 5.73 Å². The number of hydrogen-bond acceptors (Lipinski definition) is 6. The first kappa shape index (κ1) is 22.9. The van der Waals surface area contributed by atoms with Crippen molar-refractivity contribution in [3.8, 4) is 0 Å². The zero-order valence-electron chi connectivity index (χ0n) is 19.0. The Balaban J connectivity index is 1.37. The monoisotopic (exact) mass is 488 g/mol. The first-order valence-corrected chi connectivity index (χ1v) is 12.2. The van der Waals surface area contributed by atoms with E-state index in [1.165, 1.54) is 23.0 Å². The number of thiophene rings is 1. The van der Waals surface area contributed by atoms with Gasteiger partial charge in [-0.2, -0.15) is 0 Å². The lowest BCUT2D eigenvalue weighted by molar-refractivity contribution is -0.121. The molecule has 2 aromatic carbocycles. The van der Waals surface area contributed by atoms with E-state index in [0.717, 1.165) is 28.4 Å². The SMILES string of the molecule is NC(=O)c1c(NC(=O)c2cccc(N3C(=O)CCC3=O)c2)sc2c1CCN(Cc1ccccc1)C2. The van der Waals surface area contributed by atoms with Gasteiger partial charge in [-0.05, 0) is 35.7 Å². The molecule has 4 amide bonds. The number of primary amides is 1. The van der Waals surface area contributed by atoms with Crippen LogP contribution in [0.1, 0.15) is 49.6 Å². The molecule has 0 aliphatic carbocycles. The molecule has 9 heteroatoms. The Morgan fingerprint density at radius 2 is 1.71 bits per heavy atom. The number of imide groups is 1. The molecule has 8 nitrogen and oxygen atoms in total. The number of carbonyl (C=O) groups excluding carboxylic acids is 4. The summed E-state index contributed by atoms with van der Waals surface area (Å²) in [5, 5.41) is 3.27. The summed E-state index contributed by atoms with van der Waals surface area (Å²) in [7, 11) is 0. The quantitative estimate of drug-likeness (QED) is 0.517. The van der Waals surface area contributed by atoms with Crippen LogP contribution in [0.3, 0.4) is 0 Å². The van der Waals surface area contributed by atoms with Crippen molar-refractivity contribution in [1.29, 1.82) is 0 Å². The summed E-state index contributed by atoms with van der Waals surface area (Å²) in [4.78, 5) is 54.0. The van der Waals surface area contributed by atoms with Crippen LogP contribution in [-0.4, -0.2) is 35.1 Å². The second kappa shape index (κ2) is 9.44. The second-order valence-corrected chi connectivity index (χ2v) is 9.75. The molecule has 0 bridgehead atoms. The number of anilines is 2. The molecule has 0 unspecified atom stereocenters. The summed E-state index contributed by atoms with van der Waals surface area (Å²) in [5.41, 5.74) is 8.82. The van der Waals surface area contributed by atoms with E-state index in [1.807, 2.05) is 18.2 Å². The van der Waals surface area contributed by atoms with E-state index in [1.54, 1.807) is 18.2 Å². The lowest BCUT2D eigenvalue weighted by Gasteiger charge is -2.27. The summed E-state index contributed by atoms with van der Waals surface area (Å²) in [6, 6.07) is 16.5. The third-order valence-electron chi connectivity index (χ3n) is 6.28.